The molecule has 10 heteroatoms. The van der Waals surface area contributed by atoms with Crippen LogP contribution in [0.5, 0.6) is 0 Å². The Morgan fingerprint density at radius 3 is 0.375 bits per heavy atom. The summed E-state index contributed by atoms with van der Waals surface area (Å²) in [6.45, 7) is 21.0. The Labute approximate surface area is 192 Å². The minimum atomic E-state index is 0. The summed E-state index contributed by atoms with van der Waals surface area (Å²) in [5, 5.41) is 39.0. The van der Waals surface area contributed by atoms with Gasteiger partial charge >= 0.3 is 103 Å². The third-order valence-electron chi connectivity index (χ3n) is 0. The molecule has 0 heterocycles. The number of nitriles is 6. The van der Waals surface area contributed by atoms with Gasteiger partial charge in [0.25, 0.3) is 0 Å². The summed E-state index contributed by atoms with van der Waals surface area (Å²) in [6.07, 6.45) is 0. The Morgan fingerprint density at radius 2 is 0.375 bits per heavy atom. The zero-order chi connectivity index (χ0) is 12.0. The van der Waals surface area contributed by atoms with Gasteiger partial charge in [0.1, 0.15) is 0 Å². The van der Waals surface area contributed by atoms with E-state index in [-0.39, 0.29) is 125 Å². The van der Waals surface area contributed by atoms with Crippen LogP contribution in [0, 0.1) is 71.0 Å². The number of hydrogen-bond donors (Lipinski definition) is 0. The van der Waals surface area contributed by atoms with Crippen molar-refractivity contribution in [2.45, 2.75) is 0 Å². The van der Waals surface area contributed by atoms with Gasteiger partial charge in [-0.05, 0) is 0 Å². The Hall–Kier alpha value is 0.692. The van der Waals surface area contributed by atoms with Crippen LogP contribution in [0.2, 0.25) is 0 Å². The number of nitrogens with zero attached hydrogens (tertiary/aromatic N) is 6. The van der Waals surface area contributed by atoms with Crippen molar-refractivity contribution in [1.82, 2.24) is 0 Å². The summed E-state index contributed by atoms with van der Waals surface area (Å²) in [7, 11) is 0. The fraction of sp³-hybridized carbons (Fsp3) is 0. The summed E-state index contributed by atoms with van der Waals surface area (Å²) in [4.78, 5) is 0. The van der Waals surface area contributed by atoms with Crippen molar-refractivity contribution in [3.63, 3.8) is 0 Å². The Bertz CT molecular complexity index is 106. The molecule has 0 atom stereocenters. The summed E-state index contributed by atoms with van der Waals surface area (Å²) >= 11 is 0. The first-order valence-electron chi connectivity index (χ1n) is 1.55. The summed E-state index contributed by atoms with van der Waals surface area (Å²) < 4.78 is 0. The standard InChI is InChI=1S/6CHN.Fe.2K.H2O.2H/c6*1-2;;;;;;/h6*1H;;;;1H2;;. The van der Waals surface area contributed by atoms with E-state index in [0.717, 1.165) is 0 Å². The minimum absolute atomic E-state index is 0. The van der Waals surface area contributed by atoms with Crippen LogP contribution >= 0.6 is 0 Å². The zero-order valence-corrected chi connectivity index (χ0v) is 8.11. The van der Waals surface area contributed by atoms with Crippen LogP contribution in [-0.4, -0.2) is 108 Å². The third kappa shape index (κ3) is 5750. The molecule has 0 aromatic carbocycles. The van der Waals surface area contributed by atoms with E-state index < -0.39 is 0 Å². The van der Waals surface area contributed by atoms with Crippen LogP contribution < -0.4 is 0 Å². The number of rotatable bonds is 0. The molecule has 0 radical (unpaired) electrons. The predicted molar refractivity (Wildman–Crippen MR) is 57.9 cm³/mol. The molecule has 16 heavy (non-hydrogen) atoms. The van der Waals surface area contributed by atoms with Crippen LogP contribution in [-0.2, 0) is 17.1 Å². The van der Waals surface area contributed by atoms with Gasteiger partial charge in [-0.2, -0.15) is 0 Å². The second-order valence-electron chi connectivity index (χ2n) is 0. The molecule has 0 aliphatic rings. The van der Waals surface area contributed by atoms with E-state index in [4.69, 9.17) is 31.6 Å². The topological polar surface area (TPSA) is 174 Å². The second kappa shape index (κ2) is 7070. The molecule has 0 rings (SSSR count). The molecule has 0 aliphatic carbocycles. The second-order valence-corrected chi connectivity index (χ2v) is 0. The van der Waals surface area contributed by atoms with E-state index in [0.29, 0.717) is 0 Å². The van der Waals surface area contributed by atoms with Crippen LogP contribution in [0.15, 0.2) is 0 Å². The van der Waals surface area contributed by atoms with Gasteiger partial charge in [0.05, 0.1) is 0 Å². The first-order valence-corrected chi connectivity index (χ1v) is 1.55. The predicted octanol–water partition coefficient (Wildman–Crippen LogP) is -1.29. The van der Waals surface area contributed by atoms with Crippen LogP contribution in [0.25, 0.3) is 0 Å². The molecule has 0 spiro atoms. The molecule has 0 aliphatic heterocycles. The molecule has 0 saturated heterocycles. The van der Waals surface area contributed by atoms with Crippen molar-refractivity contribution in [2.75, 3.05) is 0 Å². The Morgan fingerprint density at radius 1 is 0.375 bits per heavy atom. The van der Waals surface area contributed by atoms with Gasteiger partial charge in [-0.3, -0.25) is 0 Å². The Balaban J connectivity index is -0.00000000321. The van der Waals surface area contributed by atoms with Gasteiger partial charge < -0.3 is 5.48 Å². The maximum absolute atomic E-state index is 6.50. The van der Waals surface area contributed by atoms with Crippen LogP contribution in [0.1, 0.15) is 0 Å². The van der Waals surface area contributed by atoms with Crippen molar-refractivity contribution in [1.29, 1.82) is 31.6 Å². The molecule has 0 aromatic heterocycles. The Kier molecular flexibility index (Phi) is 40600. The molecule has 0 bridgehead atoms. The van der Waals surface area contributed by atoms with E-state index in [9.17, 15) is 0 Å². The summed E-state index contributed by atoms with van der Waals surface area (Å²) in [5.41, 5.74) is 0. The van der Waals surface area contributed by atoms with E-state index in [1.807, 2.05) is 0 Å². The van der Waals surface area contributed by atoms with E-state index in [1.165, 1.54) is 0 Å². The third-order valence-corrected chi connectivity index (χ3v) is 0. The van der Waals surface area contributed by atoms with Gasteiger partial charge in [0.2, 0.25) is 0 Å². The molecule has 0 aromatic rings. The average Bonchev–Trinajstić information content (AvgIpc) is 2.33. The van der Waals surface area contributed by atoms with Gasteiger partial charge in [-0.25, -0.2) is 31.6 Å². The van der Waals surface area contributed by atoms with Crippen molar-refractivity contribution < 1.29 is 22.5 Å². The monoisotopic (exact) mass is 316 g/mol. The first kappa shape index (κ1) is 91.8. The van der Waals surface area contributed by atoms with Crippen molar-refractivity contribution in [2.24, 2.45) is 0 Å². The molecule has 0 saturated carbocycles. The first-order chi connectivity index (χ1) is 6.00. The van der Waals surface area contributed by atoms with E-state index in [2.05, 4.69) is 39.4 Å². The van der Waals surface area contributed by atoms with Crippen LogP contribution in [0.4, 0.5) is 0 Å². The molecule has 0 amide bonds. The van der Waals surface area contributed by atoms with Crippen molar-refractivity contribution in [3.8, 4) is 39.4 Å². The van der Waals surface area contributed by atoms with Crippen molar-refractivity contribution >= 4 is 103 Å². The SMILES string of the molecule is C#N.C#N.C#N.C#N.C#N.C#N.O.[Fe].[KH].[KH]. The quantitative estimate of drug-likeness (QED) is 0.502. The van der Waals surface area contributed by atoms with Gasteiger partial charge in [0, 0.05) is 56.5 Å². The fourth-order valence-electron chi connectivity index (χ4n) is 0. The summed E-state index contributed by atoms with van der Waals surface area (Å²) in [5.74, 6) is 0. The zero-order valence-electron chi connectivity index (χ0n) is 7.00. The number of hydrogen-bond acceptors (Lipinski definition) is 6. The normalized spacial score (nSPS) is 0.750. The average molecular weight is 316 g/mol. The molecule has 80 valence electrons. The van der Waals surface area contributed by atoms with Gasteiger partial charge in [-0.15, -0.1) is 0 Å². The molecule has 0 unspecified atom stereocenters. The summed E-state index contributed by atoms with van der Waals surface area (Å²) in [6, 6.07) is 0. The molecule has 2 N–H and O–H groups in total. The van der Waals surface area contributed by atoms with Crippen LogP contribution in [0.3, 0.4) is 0 Å². The maximum atomic E-state index is 6.50. The van der Waals surface area contributed by atoms with E-state index in [1.54, 1.807) is 0 Å². The molecule has 0 fully saturated rings. The molecular weight excluding hydrogens is 306 g/mol. The van der Waals surface area contributed by atoms with Gasteiger partial charge in [-0.1, -0.05) is 0 Å². The van der Waals surface area contributed by atoms with Gasteiger partial charge in [0.15, 0.2) is 0 Å². The molecule has 7 nitrogen and oxygen atoms in total. The van der Waals surface area contributed by atoms with E-state index >= 15 is 0 Å². The molecular formula is C6H10FeK2N6O. The van der Waals surface area contributed by atoms with Crippen molar-refractivity contribution in [3.05, 3.63) is 0 Å². The fourth-order valence-corrected chi connectivity index (χ4v) is 0.